The SMILES string of the molecule is CCNC(=NCCCc1cnn(C)c1)N1CCC(COC)C1.I. The first-order valence-electron chi connectivity index (χ1n) is 8.22. The van der Waals surface area contributed by atoms with E-state index in [1.807, 2.05) is 17.9 Å². The van der Waals surface area contributed by atoms with Crippen LogP contribution in [0.25, 0.3) is 0 Å². The van der Waals surface area contributed by atoms with E-state index >= 15 is 0 Å². The largest absolute Gasteiger partial charge is 0.384 e. The summed E-state index contributed by atoms with van der Waals surface area (Å²) in [5, 5.41) is 7.61. The summed E-state index contributed by atoms with van der Waals surface area (Å²) in [5.41, 5.74) is 1.28. The number of aliphatic imine (C=N–C) groups is 1. The van der Waals surface area contributed by atoms with Crippen molar-refractivity contribution in [3.8, 4) is 0 Å². The highest BCUT2D eigenvalue weighted by molar-refractivity contribution is 14.0. The average molecular weight is 435 g/mol. The maximum atomic E-state index is 5.27. The highest BCUT2D eigenvalue weighted by atomic mass is 127. The van der Waals surface area contributed by atoms with Gasteiger partial charge in [0, 0.05) is 52.5 Å². The number of ether oxygens (including phenoxy) is 1. The number of aromatic nitrogens is 2. The summed E-state index contributed by atoms with van der Waals surface area (Å²) in [5.74, 6) is 1.68. The molecule has 1 aromatic rings. The van der Waals surface area contributed by atoms with E-state index in [-0.39, 0.29) is 24.0 Å². The quantitative estimate of drug-likeness (QED) is 0.308. The van der Waals surface area contributed by atoms with Gasteiger partial charge in [-0.2, -0.15) is 5.10 Å². The van der Waals surface area contributed by atoms with E-state index < -0.39 is 0 Å². The Morgan fingerprint density at radius 2 is 2.35 bits per heavy atom. The van der Waals surface area contributed by atoms with Gasteiger partial charge >= 0.3 is 0 Å². The smallest absolute Gasteiger partial charge is 0.193 e. The second kappa shape index (κ2) is 10.9. The third kappa shape index (κ3) is 6.66. The van der Waals surface area contributed by atoms with Gasteiger partial charge in [0.15, 0.2) is 5.96 Å². The molecule has 23 heavy (non-hydrogen) atoms. The van der Waals surface area contributed by atoms with Crippen molar-refractivity contribution < 1.29 is 4.74 Å². The van der Waals surface area contributed by atoms with Crippen LogP contribution < -0.4 is 5.32 Å². The Balaban J connectivity index is 0.00000264. The summed E-state index contributed by atoms with van der Waals surface area (Å²) in [7, 11) is 3.73. The zero-order chi connectivity index (χ0) is 15.8. The second-order valence-electron chi connectivity index (χ2n) is 5.92. The number of guanidine groups is 1. The minimum absolute atomic E-state index is 0. The molecule has 1 atom stereocenters. The predicted octanol–water partition coefficient (Wildman–Crippen LogP) is 1.90. The van der Waals surface area contributed by atoms with Crippen LogP contribution in [0, 0.1) is 5.92 Å². The Morgan fingerprint density at radius 3 is 3.00 bits per heavy atom. The van der Waals surface area contributed by atoms with Gasteiger partial charge in [-0.05, 0) is 31.7 Å². The van der Waals surface area contributed by atoms with Crippen LogP contribution in [0.2, 0.25) is 0 Å². The Kier molecular flexibility index (Phi) is 9.54. The third-order valence-electron chi connectivity index (χ3n) is 3.97. The van der Waals surface area contributed by atoms with Gasteiger partial charge in [-0.15, -0.1) is 24.0 Å². The average Bonchev–Trinajstić information content (AvgIpc) is 3.12. The normalized spacial score (nSPS) is 18.1. The summed E-state index contributed by atoms with van der Waals surface area (Å²) in [6.07, 6.45) is 7.28. The first-order valence-corrected chi connectivity index (χ1v) is 8.22. The summed E-state index contributed by atoms with van der Waals surface area (Å²) < 4.78 is 7.12. The standard InChI is InChI=1S/C16H29N5O.HI/c1-4-17-16(21-9-7-15(12-21)13-22-3)18-8-5-6-14-10-19-20(2)11-14;/h10-11,15H,4-9,12-13H2,1-3H3,(H,17,18);1H. The number of hydrogen-bond acceptors (Lipinski definition) is 3. The number of nitrogens with zero attached hydrogens (tertiary/aromatic N) is 4. The van der Waals surface area contributed by atoms with Crippen molar-refractivity contribution in [2.75, 3.05) is 39.9 Å². The van der Waals surface area contributed by atoms with Crippen molar-refractivity contribution in [1.82, 2.24) is 20.0 Å². The van der Waals surface area contributed by atoms with Gasteiger partial charge in [0.1, 0.15) is 0 Å². The van der Waals surface area contributed by atoms with E-state index in [2.05, 4.69) is 28.4 Å². The second-order valence-corrected chi connectivity index (χ2v) is 5.92. The zero-order valence-corrected chi connectivity index (χ0v) is 16.8. The number of aryl methyl sites for hydroxylation is 2. The van der Waals surface area contributed by atoms with Gasteiger partial charge in [0.2, 0.25) is 0 Å². The van der Waals surface area contributed by atoms with E-state index in [1.54, 1.807) is 7.11 Å². The van der Waals surface area contributed by atoms with Gasteiger partial charge in [-0.3, -0.25) is 9.67 Å². The maximum Gasteiger partial charge on any atom is 0.193 e. The number of hydrogen-bond donors (Lipinski definition) is 1. The molecule has 0 aliphatic carbocycles. The number of likely N-dealkylation sites (tertiary alicyclic amines) is 1. The van der Waals surface area contributed by atoms with Crippen LogP contribution in [-0.4, -0.2) is 60.5 Å². The lowest BCUT2D eigenvalue weighted by molar-refractivity contribution is 0.157. The van der Waals surface area contributed by atoms with Crippen molar-refractivity contribution in [3.05, 3.63) is 18.0 Å². The molecular weight excluding hydrogens is 405 g/mol. The zero-order valence-electron chi connectivity index (χ0n) is 14.5. The molecule has 0 radical (unpaired) electrons. The molecule has 6 nitrogen and oxygen atoms in total. The highest BCUT2D eigenvalue weighted by Gasteiger charge is 2.24. The molecule has 2 rings (SSSR count). The molecule has 0 aromatic carbocycles. The van der Waals surface area contributed by atoms with Gasteiger partial charge in [0.25, 0.3) is 0 Å². The van der Waals surface area contributed by atoms with Crippen molar-refractivity contribution in [2.24, 2.45) is 18.0 Å². The Hall–Kier alpha value is -0.830. The fourth-order valence-electron chi connectivity index (χ4n) is 2.89. The van der Waals surface area contributed by atoms with Crippen molar-refractivity contribution in [2.45, 2.75) is 26.2 Å². The van der Waals surface area contributed by atoms with E-state index in [0.717, 1.165) is 51.6 Å². The van der Waals surface area contributed by atoms with E-state index in [4.69, 9.17) is 9.73 Å². The molecule has 0 bridgehead atoms. The molecule has 1 aliphatic heterocycles. The summed E-state index contributed by atoms with van der Waals surface area (Å²) in [4.78, 5) is 7.13. The van der Waals surface area contributed by atoms with E-state index in [0.29, 0.717) is 5.92 Å². The van der Waals surface area contributed by atoms with Crippen molar-refractivity contribution >= 4 is 29.9 Å². The third-order valence-corrected chi connectivity index (χ3v) is 3.97. The van der Waals surface area contributed by atoms with Crippen LogP contribution >= 0.6 is 24.0 Å². The predicted molar refractivity (Wildman–Crippen MR) is 104 cm³/mol. The lowest BCUT2D eigenvalue weighted by atomic mass is 10.1. The van der Waals surface area contributed by atoms with E-state index in [1.165, 1.54) is 12.0 Å². The molecule has 2 heterocycles. The lowest BCUT2D eigenvalue weighted by Gasteiger charge is -2.21. The molecule has 1 fully saturated rings. The minimum Gasteiger partial charge on any atom is -0.384 e. The summed E-state index contributed by atoms with van der Waals surface area (Å²) in [6, 6.07) is 0. The molecule has 0 saturated carbocycles. The molecule has 132 valence electrons. The molecule has 1 saturated heterocycles. The van der Waals surface area contributed by atoms with Gasteiger partial charge < -0.3 is 15.0 Å². The molecule has 0 amide bonds. The molecule has 0 spiro atoms. The first-order chi connectivity index (χ1) is 10.7. The summed E-state index contributed by atoms with van der Waals surface area (Å²) in [6.45, 7) is 6.84. The number of methoxy groups -OCH3 is 1. The van der Waals surface area contributed by atoms with Gasteiger partial charge in [0.05, 0.1) is 12.8 Å². The Labute approximate surface area is 156 Å². The van der Waals surface area contributed by atoms with Crippen LogP contribution in [0.3, 0.4) is 0 Å². The topological polar surface area (TPSA) is 54.7 Å². The van der Waals surface area contributed by atoms with Crippen molar-refractivity contribution in [3.63, 3.8) is 0 Å². The number of nitrogens with one attached hydrogen (secondary N) is 1. The van der Waals surface area contributed by atoms with Crippen LogP contribution in [-0.2, 0) is 18.2 Å². The molecule has 1 aliphatic rings. The number of rotatable bonds is 7. The first kappa shape index (κ1) is 20.2. The molecular formula is C16H30IN5O. The molecule has 1 N–H and O–H groups in total. The van der Waals surface area contributed by atoms with Gasteiger partial charge in [-0.25, -0.2) is 0 Å². The fraction of sp³-hybridized carbons (Fsp3) is 0.750. The van der Waals surface area contributed by atoms with Crippen LogP contribution in [0.5, 0.6) is 0 Å². The van der Waals surface area contributed by atoms with Crippen molar-refractivity contribution in [1.29, 1.82) is 0 Å². The molecule has 7 heteroatoms. The van der Waals surface area contributed by atoms with Gasteiger partial charge in [-0.1, -0.05) is 0 Å². The van der Waals surface area contributed by atoms with Crippen LogP contribution in [0.1, 0.15) is 25.3 Å². The Bertz CT molecular complexity index is 477. The summed E-state index contributed by atoms with van der Waals surface area (Å²) >= 11 is 0. The Morgan fingerprint density at radius 1 is 1.52 bits per heavy atom. The van der Waals surface area contributed by atoms with Crippen LogP contribution in [0.15, 0.2) is 17.4 Å². The highest BCUT2D eigenvalue weighted by Crippen LogP contribution is 2.16. The van der Waals surface area contributed by atoms with E-state index in [9.17, 15) is 0 Å². The lowest BCUT2D eigenvalue weighted by Crippen LogP contribution is -2.40. The molecule has 1 unspecified atom stereocenters. The minimum atomic E-state index is 0. The molecule has 1 aromatic heterocycles. The number of halogens is 1. The monoisotopic (exact) mass is 435 g/mol. The fourth-order valence-corrected chi connectivity index (χ4v) is 2.89. The van der Waals surface area contributed by atoms with Crippen LogP contribution in [0.4, 0.5) is 0 Å². The maximum absolute atomic E-state index is 5.27.